The number of nitrogens with zero attached hydrogens (tertiary/aromatic N) is 2. The Labute approximate surface area is 218 Å². The minimum absolute atomic E-state index is 0.0370. The fraction of sp³-hybridized carbons (Fsp3) is 0.333. The Balaban J connectivity index is 1.84. The van der Waals surface area contributed by atoms with Gasteiger partial charge in [0.1, 0.15) is 0 Å². The molecule has 0 amide bonds. The van der Waals surface area contributed by atoms with Crippen molar-refractivity contribution < 1.29 is 44.6 Å². The molecule has 210 valence electrons. The number of hydrogen-bond acceptors (Lipinski definition) is 3. The zero-order valence-corrected chi connectivity index (χ0v) is 20.3. The minimum Gasteiger partial charge on any atom is -0.382 e. The lowest BCUT2D eigenvalue weighted by atomic mass is 9.94. The maximum absolute atomic E-state index is 13.5. The fourth-order valence-electron chi connectivity index (χ4n) is 4.75. The van der Waals surface area contributed by atoms with Crippen LogP contribution in [0.1, 0.15) is 41.3 Å². The molecule has 0 spiro atoms. The van der Waals surface area contributed by atoms with Gasteiger partial charge >= 0.3 is 18.5 Å². The van der Waals surface area contributed by atoms with E-state index in [1.165, 1.54) is 35.2 Å². The van der Waals surface area contributed by atoms with Gasteiger partial charge in [-0.1, -0.05) is 36.4 Å². The van der Waals surface area contributed by atoms with E-state index in [-0.39, 0.29) is 23.4 Å². The van der Waals surface area contributed by atoms with Gasteiger partial charge in [-0.05, 0) is 54.4 Å². The van der Waals surface area contributed by atoms with Gasteiger partial charge in [0.2, 0.25) is 0 Å². The first-order chi connectivity index (χ1) is 18.1. The second-order valence-electron chi connectivity index (χ2n) is 9.29. The molecule has 1 heterocycles. The molecule has 12 heteroatoms. The van der Waals surface area contributed by atoms with E-state index in [4.69, 9.17) is 0 Å². The number of benzene rings is 3. The van der Waals surface area contributed by atoms with Crippen molar-refractivity contribution in [1.82, 2.24) is 0 Å². The molecule has 0 bridgehead atoms. The van der Waals surface area contributed by atoms with Gasteiger partial charge in [-0.2, -0.15) is 39.5 Å². The summed E-state index contributed by atoms with van der Waals surface area (Å²) in [6.45, 7) is 0.475. The lowest BCUT2D eigenvalue weighted by Gasteiger charge is -2.47. The Morgan fingerprint density at radius 2 is 1.33 bits per heavy atom. The Morgan fingerprint density at radius 1 is 0.769 bits per heavy atom. The van der Waals surface area contributed by atoms with Crippen LogP contribution in [0.4, 0.5) is 50.9 Å². The first-order valence-electron chi connectivity index (χ1n) is 11.8. The molecule has 0 radical (unpaired) electrons. The average molecular weight is 562 g/mol. The maximum atomic E-state index is 13.5. The van der Waals surface area contributed by atoms with Gasteiger partial charge < -0.3 is 14.9 Å². The standard InChI is InChI=1S/C27H23F9N2O/c1-16(17-6-4-8-19(12-17)25(28,29)30)37-14-23(18-7-5-9-20(13-18)26(31,32)33)38(15-24(39)27(34,35)36)22-11-3-2-10-21(22)37/h2-13,16,23-24,39H,14-15H2,1H3/t16?,23-,24+/m0/s1. The number of para-hydroxylation sites is 2. The summed E-state index contributed by atoms with van der Waals surface area (Å²) in [5.74, 6) is 0. The minimum atomic E-state index is -4.99. The largest absolute Gasteiger partial charge is 0.416 e. The number of rotatable bonds is 5. The zero-order valence-electron chi connectivity index (χ0n) is 20.3. The summed E-state index contributed by atoms with van der Waals surface area (Å²) in [5.41, 5.74) is -1.05. The second kappa shape index (κ2) is 10.3. The van der Waals surface area contributed by atoms with E-state index in [1.807, 2.05) is 0 Å². The van der Waals surface area contributed by atoms with E-state index in [0.717, 1.165) is 30.3 Å². The summed E-state index contributed by atoms with van der Waals surface area (Å²) in [6.07, 6.45) is -17.1. The molecule has 0 aromatic heterocycles. The second-order valence-corrected chi connectivity index (χ2v) is 9.29. The van der Waals surface area contributed by atoms with Gasteiger partial charge in [-0.15, -0.1) is 0 Å². The topological polar surface area (TPSA) is 26.7 Å². The molecule has 3 atom stereocenters. The van der Waals surface area contributed by atoms with Crippen molar-refractivity contribution >= 4 is 11.4 Å². The molecule has 0 aliphatic carbocycles. The number of aliphatic hydroxyl groups is 1. The van der Waals surface area contributed by atoms with Crippen LogP contribution in [0, 0.1) is 0 Å². The molecule has 0 saturated carbocycles. The number of halogens is 9. The van der Waals surface area contributed by atoms with E-state index in [0.29, 0.717) is 5.69 Å². The third-order valence-corrected chi connectivity index (χ3v) is 6.76. The molecule has 1 unspecified atom stereocenters. The first kappa shape index (κ1) is 28.6. The molecule has 3 aromatic rings. The number of fused-ring (bicyclic) bond motifs is 1. The van der Waals surface area contributed by atoms with E-state index >= 15 is 0 Å². The maximum Gasteiger partial charge on any atom is 0.416 e. The van der Waals surface area contributed by atoms with Crippen molar-refractivity contribution in [1.29, 1.82) is 0 Å². The van der Waals surface area contributed by atoms with Gasteiger partial charge in [0.25, 0.3) is 0 Å². The smallest absolute Gasteiger partial charge is 0.382 e. The highest BCUT2D eigenvalue weighted by atomic mass is 19.4. The fourth-order valence-corrected chi connectivity index (χ4v) is 4.75. The summed E-state index contributed by atoms with van der Waals surface area (Å²) in [4.78, 5) is 2.84. The van der Waals surface area contributed by atoms with E-state index < -0.39 is 54.4 Å². The van der Waals surface area contributed by atoms with Gasteiger partial charge in [-0.25, -0.2) is 0 Å². The Morgan fingerprint density at radius 3 is 1.92 bits per heavy atom. The molecule has 1 aliphatic heterocycles. The van der Waals surface area contributed by atoms with E-state index in [9.17, 15) is 44.6 Å². The molecule has 4 rings (SSSR count). The highest BCUT2D eigenvalue weighted by Crippen LogP contribution is 2.46. The van der Waals surface area contributed by atoms with Gasteiger partial charge in [0, 0.05) is 6.54 Å². The SMILES string of the molecule is CC(c1cccc(C(F)(F)F)c1)N1C[C@@H](c2cccc(C(F)(F)F)c2)N(C[C@@H](O)C(F)(F)F)c2ccccc21. The van der Waals surface area contributed by atoms with E-state index in [2.05, 4.69) is 0 Å². The Kier molecular flexibility index (Phi) is 7.54. The monoisotopic (exact) mass is 562 g/mol. The van der Waals surface area contributed by atoms with Crippen molar-refractivity contribution in [2.45, 2.75) is 43.6 Å². The Hall–Kier alpha value is -3.41. The van der Waals surface area contributed by atoms with Gasteiger partial charge in [-0.3, -0.25) is 0 Å². The van der Waals surface area contributed by atoms with Crippen molar-refractivity contribution in [2.75, 3.05) is 22.9 Å². The molecule has 0 fully saturated rings. The molecule has 0 saturated heterocycles. The van der Waals surface area contributed by atoms with Crippen molar-refractivity contribution in [3.63, 3.8) is 0 Å². The van der Waals surface area contributed by atoms with Crippen LogP contribution in [0.5, 0.6) is 0 Å². The number of anilines is 2. The van der Waals surface area contributed by atoms with Crippen LogP contribution in [-0.4, -0.2) is 30.5 Å². The molecule has 3 aromatic carbocycles. The van der Waals surface area contributed by atoms with Crippen LogP contribution in [-0.2, 0) is 12.4 Å². The zero-order chi connectivity index (χ0) is 28.8. The summed E-state index contributed by atoms with van der Waals surface area (Å²) in [5, 5.41) is 9.91. The van der Waals surface area contributed by atoms with Crippen LogP contribution < -0.4 is 9.80 Å². The van der Waals surface area contributed by atoms with Crippen LogP contribution >= 0.6 is 0 Å². The summed E-state index contributed by atoms with van der Waals surface area (Å²) in [6, 6.07) is 13.0. The lowest BCUT2D eigenvalue weighted by Crippen LogP contribution is -2.49. The third-order valence-electron chi connectivity index (χ3n) is 6.76. The van der Waals surface area contributed by atoms with Crippen LogP contribution in [0.2, 0.25) is 0 Å². The molecule has 1 aliphatic rings. The number of alkyl halides is 9. The summed E-state index contributed by atoms with van der Waals surface area (Å²) >= 11 is 0. The first-order valence-corrected chi connectivity index (χ1v) is 11.8. The van der Waals surface area contributed by atoms with Gasteiger partial charge in [0.05, 0.1) is 41.1 Å². The predicted molar refractivity (Wildman–Crippen MR) is 127 cm³/mol. The van der Waals surface area contributed by atoms with Gasteiger partial charge in [0.15, 0.2) is 6.10 Å². The number of hydrogen-bond donors (Lipinski definition) is 1. The molecule has 1 N–H and O–H groups in total. The average Bonchev–Trinajstić information content (AvgIpc) is 2.87. The highest BCUT2D eigenvalue weighted by Gasteiger charge is 2.43. The molecule has 39 heavy (non-hydrogen) atoms. The van der Waals surface area contributed by atoms with Crippen molar-refractivity contribution in [3.8, 4) is 0 Å². The number of β-amino-alcohol motifs (C(OH)–C–C–N with tert-alkyl or cyclic N) is 1. The van der Waals surface area contributed by atoms with Crippen molar-refractivity contribution in [2.24, 2.45) is 0 Å². The summed E-state index contributed by atoms with van der Waals surface area (Å²) < 4.78 is 121. The van der Waals surface area contributed by atoms with E-state index in [1.54, 1.807) is 24.0 Å². The third kappa shape index (κ3) is 6.10. The van der Waals surface area contributed by atoms with Crippen molar-refractivity contribution in [3.05, 3.63) is 95.1 Å². The highest BCUT2D eigenvalue weighted by molar-refractivity contribution is 5.75. The lowest BCUT2D eigenvalue weighted by molar-refractivity contribution is -0.200. The normalized spacial score (nSPS) is 18.1. The molecule has 3 nitrogen and oxygen atoms in total. The molecular formula is C27H23F9N2O. The Bertz CT molecular complexity index is 1300. The van der Waals surface area contributed by atoms with Crippen LogP contribution in [0.25, 0.3) is 0 Å². The number of aliphatic hydroxyl groups excluding tert-OH is 1. The predicted octanol–water partition coefficient (Wildman–Crippen LogP) is 7.78. The quantitative estimate of drug-likeness (QED) is 0.322. The molecular weight excluding hydrogens is 539 g/mol. The summed E-state index contributed by atoms with van der Waals surface area (Å²) in [7, 11) is 0. The van der Waals surface area contributed by atoms with Crippen LogP contribution in [0.3, 0.4) is 0 Å². The van der Waals surface area contributed by atoms with Crippen LogP contribution in [0.15, 0.2) is 72.8 Å².